The molecule has 0 aliphatic carbocycles. The Hall–Kier alpha value is -2.14. The smallest absolute Gasteiger partial charge is 0.196 e. The van der Waals surface area contributed by atoms with Gasteiger partial charge < -0.3 is 10.7 Å². The molecule has 0 saturated heterocycles. The maximum Gasteiger partial charge on any atom is 0.196 e. The molecule has 0 aliphatic rings. The number of nitrogens with zero attached hydrogens (tertiary/aromatic N) is 1. The molecule has 3 aromatic rings. The number of benzene rings is 1. The molecule has 2 heterocycles. The monoisotopic (exact) mass is 315 g/mol. The van der Waals surface area contributed by atoms with E-state index in [1.807, 2.05) is 6.07 Å². The minimum absolute atomic E-state index is 0.0848. The molecule has 0 fully saturated rings. The van der Waals surface area contributed by atoms with Crippen LogP contribution in [0.2, 0.25) is 0 Å². The van der Waals surface area contributed by atoms with E-state index in [0.717, 1.165) is 15.4 Å². The van der Waals surface area contributed by atoms with Crippen LogP contribution in [0.4, 0.5) is 5.69 Å². The first-order valence-electron chi connectivity index (χ1n) is 5.67. The minimum Gasteiger partial charge on any atom is -0.399 e. The van der Waals surface area contributed by atoms with E-state index in [2.05, 4.69) is 25.9 Å². The molecule has 1 aromatic carbocycles. The number of carbonyl (C=O) groups is 1. The van der Waals surface area contributed by atoms with Crippen molar-refractivity contribution >= 4 is 38.3 Å². The summed E-state index contributed by atoms with van der Waals surface area (Å²) in [5.74, 6) is -0.0848. The first-order valence-corrected chi connectivity index (χ1v) is 6.47. The minimum atomic E-state index is -0.0848. The third-order valence-corrected chi connectivity index (χ3v) is 3.65. The van der Waals surface area contributed by atoms with Crippen LogP contribution in [0.5, 0.6) is 0 Å². The third-order valence-electron chi connectivity index (χ3n) is 2.96. The summed E-state index contributed by atoms with van der Waals surface area (Å²) >= 11 is 3.38. The van der Waals surface area contributed by atoms with Crippen LogP contribution in [-0.2, 0) is 0 Å². The van der Waals surface area contributed by atoms with Gasteiger partial charge in [-0.05, 0) is 24.3 Å². The number of nitrogen functional groups attached to an aromatic ring is 1. The lowest BCUT2D eigenvalue weighted by atomic mass is 10.0. The fourth-order valence-corrected chi connectivity index (χ4v) is 2.44. The number of halogens is 1. The number of ketones is 1. The van der Waals surface area contributed by atoms with Crippen molar-refractivity contribution in [3.8, 4) is 0 Å². The number of fused-ring (bicyclic) bond motifs is 1. The summed E-state index contributed by atoms with van der Waals surface area (Å²) < 4.78 is 0.727. The normalized spacial score (nSPS) is 10.8. The summed E-state index contributed by atoms with van der Waals surface area (Å²) in [5, 5.41) is 0.807. The van der Waals surface area contributed by atoms with Crippen LogP contribution in [0.15, 0.2) is 47.3 Å². The highest BCUT2D eigenvalue weighted by molar-refractivity contribution is 9.10. The molecule has 0 aliphatic heterocycles. The number of aromatic nitrogens is 2. The van der Waals surface area contributed by atoms with Gasteiger partial charge in [-0.25, -0.2) is 0 Å². The van der Waals surface area contributed by atoms with E-state index in [-0.39, 0.29) is 5.78 Å². The molecule has 94 valence electrons. The van der Waals surface area contributed by atoms with Gasteiger partial charge in [-0.1, -0.05) is 15.9 Å². The summed E-state index contributed by atoms with van der Waals surface area (Å²) in [6.07, 6.45) is 5.06. The Balaban J connectivity index is 2.16. The van der Waals surface area contributed by atoms with Gasteiger partial charge in [-0.2, -0.15) is 0 Å². The molecule has 3 rings (SSSR count). The van der Waals surface area contributed by atoms with E-state index in [0.29, 0.717) is 16.8 Å². The van der Waals surface area contributed by atoms with E-state index >= 15 is 0 Å². The average Bonchev–Trinajstić information content (AvgIpc) is 2.84. The van der Waals surface area contributed by atoms with Gasteiger partial charge in [0, 0.05) is 50.8 Å². The number of anilines is 1. The van der Waals surface area contributed by atoms with E-state index in [4.69, 9.17) is 5.73 Å². The van der Waals surface area contributed by atoms with Crippen LogP contribution in [0.3, 0.4) is 0 Å². The lowest BCUT2D eigenvalue weighted by Crippen LogP contribution is -2.02. The van der Waals surface area contributed by atoms with Crippen molar-refractivity contribution < 1.29 is 4.79 Å². The number of carbonyl (C=O) groups excluding carboxylic acids is 1. The summed E-state index contributed by atoms with van der Waals surface area (Å²) in [6.45, 7) is 0. The van der Waals surface area contributed by atoms with Gasteiger partial charge in [0.1, 0.15) is 0 Å². The number of hydrogen-bond acceptors (Lipinski definition) is 3. The highest BCUT2D eigenvalue weighted by Gasteiger charge is 2.16. The zero-order valence-corrected chi connectivity index (χ0v) is 11.4. The fraction of sp³-hybridized carbons (Fsp3) is 0. The van der Waals surface area contributed by atoms with Crippen LogP contribution < -0.4 is 5.73 Å². The van der Waals surface area contributed by atoms with E-state index in [1.165, 1.54) is 0 Å². The molecule has 0 spiro atoms. The summed E-state index contributed by atoms with van der Waals surface area (Å²) in [7, 11) is 0. The van der Waals surface area contributed by atoms with E-state index < -0.39 is 0 Å². The second-order valence-electron chi connectivity index (χ2n) is 4.19. The standard InChI is InChI=1S/C14H10BrN3O/c15-12-2-1-8(16)5-9(12)14(19)11-7-18-13-3-4-17-6-10(11)13/h1-7,18H,16H2. The predicted octanol–water partition coefficient (Wildman–Crippen LogP) is 3.14. The second-order valence-corrected chi connectivity index (χ2v) is 5.05. The number of pyridine rings is 1. The van der Waals surface area contributed by atoms with Gasteiger partial charge in [-0.3, -0.25) is 9.78 Å². The first kappa shape index (κ1) is 11.9. The van der Waals surface area contributed by atoms with Crippen molar-refractivity contribution in [3.63, 3.8) is 0 Å². The largest absolute Gasteiger partial charge is 0.399 e. The molecule has 4 nitrogen and oxygen atoms in total. The number of aromatic amines is 1. The molecular weight excluding hydrogens is 306 g/mol. The van der Waals surface area contributed by atoms with Crippen molar-refractivity contribution in [2.75, 3.05) is 5.73 Å². The average molecular weight is 316 g/mol. The fourth-order valence-electron chi connectivity index (χ4n) is 2.01. The molecule has 0 atom stereocenters. The zero-order chi connectivity index (χ0) is 13.4. The SMILES string of the molecule is Nc1ccc(Br)c(C(=O)c2c[nH]c3ccncc23)c1. The van der Waals surface area contributed by atoms with Crippen molar-refractivity contribution in [2.24, 2.45) is 0 Å². The van der Waals surface area contributed by atoms with Crippen molar-refractivity contribution in [2.45, 2.75) is 0 Å². The summed E-state index contributed by atoms with van der Waals surface area (Å²) in [6, 6.07) is 7.02. The van der Waals surface area contributed by atoms with Crippen LogP contribution >= 0.6 is 15.9 Å². The van der Waals surface area contributed by atoms with Crippen molar-refractivity contribution in [3.05, 3.63) is 58.5 Å². The number of rotatable bonds is 2. The third kappa shape index (κ3) is 2.02. The molecule has 2 aromatic heterocycles. The van der Waals surface area contributed by atoms with E-state index in [1.54, 1.807) is 36.8 Å². The highest BCUT2D eigenvalue weighted by Crippen LogP contribution is 2.25. The molecule has 0 saturated carbocycles. The van der Waals surface area contributed by atoms with Gasteiger partial charge in [0.05, 0.1) is 0 Å². The number of nitrogens with two attached hydrogens (primary N) is 1. The zero-order valence-electron chi connectivity index (χ0n) is 9.85. The van der Waals surface area contributed by atoms with Gasteiger partial charge in [-0.15, -0.1) is 0 Å². The number of nitrogens with one attached hydrogen (secondary N) is 1. The van der Waals surface area contributed by atoms with Crippen LogP contribution in [0.25, 0.3) is 10.9 Å². The quantitative estimate of drug-likeness (QED) is 0.563. The summed E-state index contributed by atoms with van der Waals surface area (Å²) in [4.78, 5) is 19.7. The van der Waals surface area contributed by atoms with Crippen molar-refractivity contribution in [1.82, 2.24) is 9.97 Å². The summed E-state index contributed by atoms with van der Waals surface area (Å²) in [5.41, 5.74) is 8.32. The van der Waals surface area contributed by atoms with Gasteiger partial charge in [0.2, 0.25) is 0 Å². The van der Waals surface area contributed by atoms with Gasteiger partial charge in [0.15, 0.2) is 5.78 Å². The van der Waals surface area contributed by atoms with Crippen molar-refractivity contribution in [1.29, 1.82) is 0 Å². The second kappa shape index (κ2) is 4.51. The van der Waals surface area contributed by atoms with Crippen LogP contribution in [0.1, 0.15) is 15.9 Å². The molecule has 0 amide bonds. The van der Waals surface area contributed by atoms with Crippen LogP contribution in [0, 0.1) is 0 Å². The molecule has 0 bridgehead atoms. The van der Waals surface area contributed by atoms with Gasteiger partial charge >= 0.3 is 0 Å². The van der Waals surface area contributed by atoms with Crippen LogP contribution in [-0.4, -0.2) is 15.8 Å². The predicted molar refractivity (Wildman–Crippen MR) is 78.1 cm³/mol. The molecular formula is C14H10BrN3O. The molecule has 0 radical (unpaired) electrons. The Morgan fingerprint density at radius 2 is 2.11 bits per heavy atom. The highest BCUT2D eigenvalue weighted by atomic mass is 79.9. The Bertz CT molecular complexity index is 779. The Labute approximate surface area is 117 Å². The first-order chi connectivity index (χ1) is 9.16. The lowest BCUT2D eigenvalue weighted by molar-refractivity contribution is 0.103. The number of hydrogen-bond donors (Lipinski definition) is 2. The molecule has 3 N–H and O–H groups in total. The Morgan fingerprint density at radius 3 is 2.95 bits per heavy atom. The molecule has 0 unspecified atom stereocenters. The lowest BCUT2D eigenvalue weighted by Gasteiger charge is -2.04. The Morgan fingerprint density at radius 1 is 1.26 bits per heavy atom. The van der Waals surface area contributed by atoms with Gasteiger partial charge in [0.25, 0.3) is 0 Å². The van der Waals surface area contributed by atoms with E-state index in [9.17, 15) is 4.79 Å². The number of H-pyrrole nitrogens is 1. The maximum atomic E-state index is 12.6. The molecule has 5 heteroatoms. The Kier molecular flexibility index (Phi) is 2.83. The molecule has 19 heavy (non-hydrogen) atoms. The topological polar surface area (TPSA) is 71.8 Å². The maximum absolute atomic E-state index is 12.6.